The van der Waals surface area contributed by atoms with E-state index in [9.17, 15) is 0 Å². The summed E-state index contributed by atoms with van der Waals surface area (Å²) < 4.78 is 5.97. The molecular formula is C17H27N3O. The van der Waals surface area contributed by atoms with Gasteiger partial charge >= 0.3 is 0 Å². The Morgan fingerprint density at radius 1 is 1.43 bits per heavy atom. The standard InChI is InChI=1S/C17H27N3O/c1-4-15-5-6-16(11-17(15)19-13(2)18)21-12-14-7-9-20(3)10-8-14/h4-6,11,13-14H,7-10,12,18H2,1-3H3/b15-4-,19-17-. The molecule has 0 amide bonds. The van der Waals surface area contributed by atoms with E-state index in [1.807, 2.05) is 38.2 Å². The fourth-order valence-corrected chi connectivity index (χ4v) is 2.63. The predicted molar refractivity (Wildman–Crippen MR) is 88.2 cm³/mol. The molecule has 0 radical (unpaired) electrons. The van der Waals surface area contributed by atoms with Crippen molar-refractivity contribution >= 4 is 5.71 Å². The summed E-state index contributed by atoms with van der Waals surface area (Å²) in [7, 11) is 2.18. The van der Waals surface area contributed by atoms with Crippen molar-refractivity contribution in [3.63, 3.8) is 0 Å². The molecule has 0 aromatic heterocycles. The third kappa shape index (κ3) is 4.83. The Hall–Kier alpha value is -1.39. The van der Waals surface area contributed by atoms with Crippen LogP contribution < -0.4 is 5.73 Å². The number of ether oxygens (including phenoxy) is 1. The first-order valence-corrected chi connectivity index (χ1v) is 7.79. The van der Waals surface area contributed by atoms with Gasteiger partial charge in [0.15, 0.2) is 0 Å². The number of piperidine rings is 1. The van der Waals surface area contributed by atoms with Crippen LogP contribution in [-0.4, -0.2) is 43.5 Å². The second-order valence-electron chi connectivity index (χ2n) is 5.94. The molecule has 0 aromatic carbocycles. The minimum Gasteiger partial charge on any atom is -0.493 e. The van der Waals surface area contributed by atoms with Crippen LogP contribution in [0.5, 0.6) is 0 Å². The van der Waals surface area contributed by atoms with Gasteiger partial charge in [-0.05, 0) is 70.5 Å². The lowest BCUT2D eigenvalue weighted by Crippen LogP contribution is -2.32. The molecule has 0 saturated carbocycles. The van der Waals surface area contributed by atoms with Gasteiger partial charge in [0.2, 0.25) is 0 Å². The highest BCUT2D eigenvalue weighted by molar-refractivity contribution is 6.11. The average Bonchev–Trinajstić information content (AvgIpc) is 2.46. The van der Waals surface area contributed by atoms with Gasteiger partial charge in [0, 0.05) is 6.08 Å². The topological polar surface area (TPSA) is 50.8 Å². The number of rotatable bonds is 4. The minimum absolute atomic E-state index is 0.201. The van der Waals surface area contributed by atoms with Gasteiger partial charge in [-0.3, -0.25) is 4.99 Å². The second-order valence-corrected chi connectivity index (χ2v) is 5.94. The lowest BCUT2D eigenvalue weighted by Gasteiger charge is -2.29. The third-order valence-electron chi connectivity index (χ3n) is 3.98. The van der Waals surface area contributed by atoms with E-state index < -0.39 is 0 Å². The molecule has 1 atom stereocenters. The molecular weight excluding hydrogens is 262 g/mol. The van der Waals surface area contributed by atoms with Crippen LogP contribution in [0.15, 0.2) is 40.6 Å². The molecule has 0 bridgehead atoms. The van der Waals surface area contributed by atoms with Crippen LogP contribution in [0.25, 0.3) is 0 Å². The molecule has 0 spiro atoms. The third-order valence-corrected chi connectivity index (χ3v) is 3.98. The smallest absolute Gasteiger partial charge is 0.121 e. The molecule has 1 unspecified atom stereocenters. The number of likely N-dealkylation sites (tertiary alicyclic amines) is 1. The van der Waals surface area contributed by atoms with Crippen LogP contribution in [0.2, 0.25) is 0 Å². The van der Waals surface area contributed by atoms with E-state index in [4.69, 9.17) is 10.5 Å². The summed E-state index contributed by atoms with van der Waals surface area (Å²) >= 11 is 0. The zero-order chi connectivity index (χ0) is 15.2. The van der Waals surface area contributed by atoms with Crippen LogP contribution in [0.3, 0.4) is 0 Å². The Morgan fingerprint density at radius 2 is 2.14 bits per heavy atom. The summed E-state index contributed by atoms with van der Waals surface area (Å²) in [5.74, 6) is 1.55. The Bertz CT molecular complexity index is 466. The number of hydrogen-bond donors (Lipinski definition) is 1. The normalized spacial score (nSPS) is 26.2. The van der Waals surface area contributed by atoms with Crippen LogP contribution in [-0.2, 0) is 4.74 Å². The van der Waals surface area contributed by atoms with Crippen LogP contribution in [0, 0.1) is 5.92 Å². The lowest BCUT2D eigenvalue weighted by atomic mass is 9.98. The van der Waals surface area contributed by atoms with E-state index in [1.54, 1.807) is 0 Å². The largest absolute Gasteiger partial charge is 0.493 e. The van der Waals surface area contributed by atoms with E-state index in [0.717, 1.165) is 23.7 Å². The number of hydrogen-bond acceptors (Lipinski definition) is 4. The molecule has 4 nitrogen and oxygen atoms in total. The van der Waals surface area contributed by atoms with Gasteiger partial charge in [0.05, 0.1) is 18.5 Å². The summed E-state index contributed by atoms with van der Waals surface area (Å²) in [6.07, 6.45) is 10.3. The van der Waals surface area contributed by atoms with Crippen molar-refractivity contribution in [1.82, 2.24) is 4.90 Å². The minimum atomic E-state index is -0.201. The van der Waals surface area contributed by atoms with E-state index >= 15 is 0 Å². The highest BCUT2D eigenvalue weighted by atomic mass is 16.5. The molecule has 21 heavy (non-hydrogen) atoms. The Morgan fingerprint density at radius 3 is 2.76 bits per heavy atom. The monoisotopic (exact) mass is 289 g/mol. The van der Waals surface area contributed by atoms with Crippen molar-refractivity contribution in [2.75, 3.05) is 26.7 Å². The number of allylic oxidation sites excluding steroid dienone is 5. The summed E-state index contributed by atoms with van der Waals surface area (Å²) in [6, 6.07) is 0. The zero-order valence-electron chi connectivity index (χ0n) is 13.4. The molecule has 1 aliphatic carbocycles. The molecule has 1 saturated heterocycles. The first-order valence-electron chi connectivity index (χ1n) is 7.79. The van der Waals surface area contributed by atoms with Crippen LogP contribution in [0.1, 0.15) is 26.7 Å². The predicted octanol–water partition coefficient (Wildman–Crippen LogP) is 2.49. The molecule has 0 aromatic rings. The first kappa shape index (κ1) is 16.0. The van der Waals surface area contributed by atoms with Gasteiger partial charge in [0.25, 0.3) is 0 Å². The SMILES string of the molecule is C/C=C1/C=CC(OCC2CCN(C)CC2)=C/C1=N/C(C)N. The maximum absolute atomic E-state index is 5.97. The van der Waals surface area contributed by atoms with Crippen molar-refractivity contribution in [3.05, 3.63) is 35.6 Å². The quantitative estimate of drug-likeness (QED) is 0.865. The van der Waals surface area contributed by atoms with Gasteiger partial charge in [-0.25, -0.2) is 0 Å². The van der Waals surface area contributed by atoms with Gasteiger partial charge in [-0.15, -0.1) is 0 Å². The summed E-state index contributed by atoms with van der Waals surface area (Å²) in [5, 5.41) is 0. The molecule has 2 rings (SSSR count). The number of nitrogens with two attached hydrogens (primary N) is 1. The summed E-state index contributed by atoms with van der Waals surface area (Å²) in [4.78, 5) is 6.83. The van der Waals surface area contributed by atoms with Gasteiger partial charge in [-0.2, -0.15) is 0 Å². The number of nitrogens with zero attached hydrogens (tertiary/aromatic N) is 2. The molecule has 2 N–H and O–H groups in total. The Balaban J connectivity index is 1.94. The molecule has 1 heterocycles. The zero-order valence-corrected chi connectivity index (χ0v) is 13.4. The highest BCUT2D eigenvalue weighted by Crippen LogP contribution is 2.20. The van der Waals surface area contributed by atoms with E-state index in [1.165, 1.54) is 25.9 Å². The van der Waals surface area contributed by atoms with Gasteiger partial charge < -0.3 is 15.4 Å². The maximum atomic E-state index is 5.97. The van der Waals surface area contributed by atoms with Crippen molar-refractivity contribution in [2.45, 2.75) is 32.9 Å². The van der Waals surface area contributed by atoms with Gasteiger partial charge in [0.1, 0.15) is 5.76 Å². The van der Waals surface area contributed by atoms with Crippen molar-refractivity contribution in [1.29, 1.82) is 0 Å². The van der Waals surface area contributed by atoms with E-state index in [-0.39, 0.29) is 6.17 Å². The van der Waals surface area contributed by atoms with E-state index in [0.29, 0.717) is 5.92 Å². The number of aliphatic imine (C=N–C) groups is 1. The summed E-state index contributed by atoms with van der Waals surface area (Å²) in [6.45, 7) is 7.02. The molecule has 2 aliphatic rings. The first-order chi connectivity index (χ1) is 10.1. The summed E-state index contributed by atoms with van der Waals surface area (Å²) in [5.41, 5.74) is 7.78. The molecule has 116 valence electrons. The highest BCUT2D eigenvalue weighted by Gasteiger charge is 2.18. The fourth-order valence-electron chi connectivity index (χ4n) is 2.63. The molecule has 4 heteroatoms. The Labute approximate surface area is 128 Å². The van der Waals surface area contributed by atoms with E-state index in [2.05, 4.69) is 16.9 Å². The van der Waals surface area contributed by atoms with Crippen LogP contribution in [0.4, 0.5) is 0 Å². The average molecular weight is 289 g/mol. The fraction of sp³-hybridized carbons (Fsp3) is 0.588. The molecule has 1 fully saturated rings. The second kappa shape index (κ2) is 7.57. The Kier molecular flexibility index (Phi) is 5.76. The molecule has 1 aliphatic heterocycles. The van der Waals surface area contributed by atoms with Crippen molar-refractivity contribution in [3.8, 4) is 0 Å². The maximum Gasteiger partial charge on any atom is 0.121 e. The van der Waals surface area contributed by atoms with Crippen LogP contribution >= 0.6 is 0 Å². The van der Waals surface area contributed by atoms with Crippen molar-refractivity contribution in [2.24, 2.45) is 16.6 Å². The van der Waals surface area contributed by atoms with Crippen molar-refractivity contribution < 1.29 is 4.74 Å². The lowest BCUT2D eigenvalue weighted by molar-refractivity contribution is 0.123. The van der Waals surface area contributed by atoms with Gasteiger partial charge in [-0.1, -0.05) is 6.08 Å².